The SMILES string of the molecule is Cc1ccnc(C(C)C)c1-n1c(=O)nc(N2CCOC3(CN(C(=O)n4cncn4)C3)C2)c2cc(F)c(-c3ccc(F)c4sc(N)c(C#N)c34)nc21. The minimum Gasteiger partial charge on any atom is -0.389 e. The van der Waals surface area contributed by atoms with Crippen molar-refractivity contribution in [3.63, 3.8) is 0 Å². The monoisotopic (exact) mass is 709 g/mol. The number of ether oxygens (including phenoxy) is 1. The second-order valence-corrected chi connectivity index (χ2v) is 14.0. The molecule has 2 N–H and O–H groups in total. The summed E-state index contributed by atoms with van der Waals surface area (Å²) in [5.74, 6) is -1.29. The molecule has 258 valence electrons. The molecule has 2 saturated heterocycles. The fraction of sp³-hybridized carbons (Fsp3) is 0.294. The van der Waals surface area contributed by atoms with Gasteiger partial charge in [0.15, 0.2) is 5.65 Å². The van der Waals surface area contributed by atoms with Gasteiger partial charge in [0.1, 0.15) is 52.5 Å². The van der Waals surface area contributed by atoms with E-state index in [1.807, 2.05) is 31.7 Å². The fourth-order valence-electron chi connectivity index (χ4n) is 6.97. The number of aryl methyl sites for hydroxylation is 1. The van der Waals surface area contributed by atoms with E-state index in [0.717, 1.165) is 21.6 Å². The number of thiophene rings is 1. The summed E-state index contributed by atoms with van der Waals surface area (Å²) in [6.07, 6.45) is 4.25. The van der Waals surface area contributed by atoms with Gasteiger partial charge < -0.3 is 20.3 Å². The first-order valence-electron chi connectivity index (χ1n) is 16.0. The number of hydrogen-bond acceptors (Lipinski definition) is 12. The van der Waals surface area contributed by atoms with Gasteiger partial charge >= 0.3 is 11.7 Å². The highest BCUT2D eigenvalue weighted by atomic mass is 32.1. The van der Waals surface area contributed by atoms with Crippen LogP contribution in [0.3, 0.4) is 0 Å². The number of fused-ring (bicyclic) bond motifs is 2. The third kappa shape index (κ3) is 5.09. The summed E-state index contributed by atoms with van der Waals surface area (Å²) in [7, 11) is 0. The molecule has 1 amide bonds. The van der Waals surface area contributed by atoms with Gasteiger partial charge in [-0.15, -0.1) is 11.3 Å². The number of anilines is 2. The van der Waals surface area contributed by atoms with Crippen molar-refractivity contribution in [3.8, 4) is 23.0 Å². The number of pyridine rings is 2. The first kappa shape index (κ1) is 32.4. The van der Waals surface area contributed by atoms with Gasteiger partial charge in [-0.1, -0.05) is 13.8 Å². The van der Waals surface area contributed by atoms with Crippen molar-refractivity contribution < 1.29 is 18.3 Å². The number of hydrogen-bond donors (Lipinski definition) is 1. The summed E-state index contributed by atoms with van der Waals surface area (Å²) in [4.78, 5) is 48.3. The van der Waals surface area contributed by atoms with Crippen LogP contribution in [0.4, 0.5) is 24.4 Å². The van der Waals surface area contributed by atoms with Crippen LogP contribution in [0.15, 0.2) is 47.9 Å². The standard InChI is InChI=1S/C34H29F2N11O3S/c1-17(2)25-27(18(3)6-7-40-25)47-31-20(10-23(36)26(42-31)19-4-5-22(35)28-24(19)21(11-37)29(38)51-28)30(43-32(47)48)44-8-9-50-34(12-44)13-45(14-34)33(49)46-16-39-15-41-46/h4-7,10,15-17H,8-9,12-14,38H2,1-3H3. The molecule has 0 atom stereocenters. The molecule has 2 aliphatic rings. The molecule has 7 heterocycles. The lowest BCUT2D eigenvalue weighted by molar-refractivity contribution is -0.133. The van der Waals surface area contributed by atoms with Crippen molar-refractivity contribution in [3.05, 3.63) is 82.1 Å². The summed E-state index contributed by atoms with van der Waals surface area (Å²) in [6.45, 7) is 7.08. The predicted octanol–water partition coefficient (Wildman–Crippen LogP) is 4.37. The highest BCUT2D eigenvalue weighted by molar-refractivity contribution is 7.23. The normalized spacial score (nSPS) is 15.5. The number of nitrogens with two attached hydrogens (primary N) is 1. The Morgan fingerprint density at radius 3 is 2.69 bits per heavy atom. The maximum absolute atomic E-state index is 16.6. The Balaban J connectivity index is 1.32. The summed E-state index contributed by atoms with van der Waals surface area (Å²) in [5, 5.41) is 14.3. The zero-order chi connectivity index (χ0) is 35.8. The van der Waals surface area contributed by atoms with Crippen LogP contribution in [-0.2, 0) is 4.74 Å². The molecule has 0 bridgehead atoms. The highest BCUT2D eigenvalue weighted by Gasteiger charge is 2.50. The van der Waals surface area contributed by atoms with E-state index in [1.54, 1.807) is 17.2 Å². The van der Waals surface area contributed by atoms with Crippen molar-refractivity contribution in [2.45, 2.75) is 32.3 Å². The van der Waals surface area contributed by atoms with Crippen molar-refractivity contribution in [2.24, 2.45) is 0 Å². The smallest absolute Gasteiger partial charge is 0.355 e. The van der Waals surface area contributed by atoms with Crippen LogP contribution in [0.2, 0.25) is 0 Å². The lowest BCUT2D eigenvalue weighted by atomic mass is 9.92. The first-order chi connectivity index (χ1) is 24.5. The third-order valence-electron chi connectivity index (χ3n) is 9.30. The Morgan fingerprint density at radius 1 is 1.16 bits per heavy atom. The number of likely N-dealkylation sites (tertiary alicyclic amines) is 1. The van der Waals surface area contributed by atoms with Crippen LogP contribution >= 0.6 is 11.3 Å². The second kappa shape index (κ2) is 11.9. The van der Waals surface area contributed by atoms with Crippen LogP contribution in [-0.4, -0.2) is 83.6 Å². The molecule has 0 saturated carbocycles. The number of halogens is 2. The maximum atomic E-state index is 16.6. The zero-order valence-electron chi connectivity index (χ0n) is 27.6. The molecule has 6 aromatic rings. The lowest BCUT2D eigenvalue weighted by Gasteiger charge is -2.53. The Hall–Kier alpha value is -5.86. The topological polar surface area (TPSA) is 174 Å². The van der Waals surface area contributed by atoms with Crippen LogP contribution < -0.4 is 16.3 Å². The Kier molecular flexibility index (Phi) is 7.54. The van der Waals surface area contributed by atoms with E-state index in [9.17, 15) is 19.2 Å². The summed E-state index contributed by atoms with van der Waals surface area (Å²) in [5.41, 5.74) is 6.52. The number of amides is 1. The van der Waals surface area contributed by atoms with E-state index in [1.165, 1.54) is 35.4 Å². The number of carbonyl (C=O) groups is 1. The summed E-state index contributed by atoms with van der Waals surface area (Å²) in [6, 6.07) is 7.23. The third-order valence-corrected chi connectivity index (χ3v) is 10.3. The molecular weight excluding hydrogens is 681 g/mol. The molecule has 1 aromatic carbocycles. The molecule has 1 spiro atoms. The minimum atomic E-state index is -0.777. The molecule has 0 aliphatic carbocycles. The number of morpholine rings is 1. The van der Waals surface area contributed by atoms with Crippen LogP contribution in [0.1, 0.15) is 36.6 Å². The van der Waals surface area contributed by atoms with Crippen molar-refractivity contribution >= 4 is 49.3 Å². The van der Waals surface area contributed by atoms with Gasteiger partial charge in [0.2, 0.25) is 0 Å². The summed E-state index contributed by atoms with van der Waals surface area (Å²) >= 11 is 0.893. The molecule has 51 heavy (non-hydrogen) atoms. The average molecular weight is 710 g/mol. The van der Waals surface area contributed by atoms with Crippen molar-refractivity contribution in [1.82, 2.24) is 39.2 Å². The van der Waals surface area contributed by atoms with Gasteiger partial charge in [-0.25, -0.2) is 32.9 Å². The summed E-state index contributed by atoms with van der Waals surface area (Å²) < 4.78 is 40.3. The van der Waals surface area contributed by atoms with Crippen LogP contribution in [0, 0.1) is 29.9 Å². The minimum absolute atomic E-state index is 0.0132. The molecule has 5 aromatic heterocycles. The van der Waals surface area contributed by atoms with Crippen molar-refractivity contribution in [1.29, 1.82) is 5.26 Å². The Morgan fingerprint density at radius 2 is 1.96 bits per heavy atom. The molecule has 17 heteroatoms. The number of nitriles is 1. The van der Waals surface area contributed by atoms with Crippen LogP contribution in [0.5, 0.6) is 0 Å². The Labute approximate surface area is 292 Å². The van der Waals surface area contributed by atoms with Gasteiger partial charge in [-0.3, -0.25) is 4.98 Å². The van der Waals surface area contributed by atoms with Crippen molar-refractivity contribution in [2.75, 3.05) is 43.4 Å². The second-order valence-electron chi connectivity index (χ2n) is 12.9. The number of nitrogens with zero attached hydrogens (tertiary/aromatic N) is 10. The number of carbonyl (C=O) groups excluding carboxylic acids is 1. The Bertz CT molecular complexity index is 2500. The number of nitrogen functional groups attached to an aromatic ring is 1. The van der Waals surface area contributed by atoms with E-state index in [-0.39, 0.29) is 86.9 Å². The molecule has 0 unspecified atom stereocenters. The number of benzene rings is 1. The van der Waals surface area contributed by atoms with E-state index in [4.69, 9.17) is 15.5 Å². The predicted molar refractivity (Wildman–Crippen MR) is 185 cm³/mol. The molecule has 14 nitrogen and oxygen atoms in total. The van der Waals surface area contributed by atoms with Gasteiger partial charge in [0.25, 0.3) is 0 Å². The maximum Gasteiger partial charge on any atom is 0.355 e. The van der Waals surface area contributed by atoms with Gasteiger partial charge in [0.05, 0.1) is 53.3 Å². The number of aromatic nitrogens is 7. The molecule has 2 aliphatic heterocycles. The molecular formula is C34H29F2N11O3S. The number of rotatable bonds is 4. The van der Waals surface area contributed by atoms with E-state index >= 15 is 4.39 Å². The van der Waals surface area contributed by atoms with E-state index < -0.39 is 22.9 Å². The van der Waals surface area contributed by atoms with Crippen LogP contribution in [0.25, 0.3) is 38.1 Å². The average Bonchev–Trinajstić information content (AvgIpc) is 3.76. The van der Waals surface area contributed by atoms with E-state index in [0.29, 0.717) is 17.9 Å². The fourth-order valence-corrected chi connectivity index (χ4v) is 7.92. The molecule has 2 fully saturated rings. The molecule has 8 rings (SSSR count). The van der Waals surface area contributed by atoms with Gasteiger partial charge in [-0.2, -0.15) is 20.0 Å². The zero-order valence-corrected chi connectivity index (χ0v) is 28.4. The first-order valence-corrected chi connectivity index (χ1v) is 16.8. The lowest BCUT2D eigenvalue weighted by Crippen LogP contribution is -2.71. The van der Waals surface area contributed by atoms with E-state index in [2.05, 4.69) is 20.1 Å². The molecule has 0 radical (unpaired) electrons. The van der Waals surface area contributed by atoms with Gasteiger partial charge in [0, 0.05) is 23.7 Å². The van der Waals surface area contributed by atoms with Gasteiger partial charge in [-0.05, 0) is 42.7 Å². The largest absolute Gasteiger partial charge is 0.389 e. The highest BCUT2D eigenvalue weighted by Crippen LogP contribution is 2.42. The quantitative estimate of drug-likeness (QED) is 0.275.